The van der Waals surface area contributed by atoms with Crippen LogP contribution in [0.15, 0.2) is 18.2 Å². The third kappa shape index (κ3) is 6.14. The molecular formula is C23H31Cl2N9O3. The summed E-state index contributed by atoms with van der Waals surface area (Å²) >= 11 is 5.94. The van der Waals surface area contributed by atoms with Gasteiger partial charge in [-0.1, -0.05) is 11.6 Å². The lowest BCUT2D eigenvalue weighted by Crippen LogP contribution is -3.00. The van der Waals surface area contributed by atoms with Crippen molar-refractivity contribution in [3.63, 3.8) is 0 Å². The lowest BCUT2D eigenvalue weighted by atomic mass is 10.1. The van der Waals surface area contributed by atoms with Gasteiger partial charge in [-0.3, -0.25) is 9.59 Å². The molecule has 3 heterocycles. The van der Waals surface area contributed by atoms with Crippen molar-refractivity contribution in [1.82, 2.24) is 30.5 Å². The molecule has 0 unspecified atom stereocenters. The second-order valence-corrected chi connectivity index (χ2v) is 8.87. The topological polar surface area (TPSA) is 166 Å². The summed E-state index contributed by atoms with van der Waals surface area (Å²) in [5.74, 6) is 0.593. The average Bonchev–Trinajstić information content (AvgIpc) is 3.16. The lowest BCUT2D eigenvalue weighted by molar-refractivity contribution is -0.667. The Morgan fingerprint density at radius 2 is 1.97 bits per heavy atom. The second-order valence-electron chi connectivity index (χ2n) is 8.51. The zero-order chi connectivity index (χ0) is 25.8. The molecule has 14 heteroatoms. The van der Waals surface area contributed by atoms with Gasteiger partial charge in [0.2, 0.25) is 0 Å². The monoisotopic (exact) mass is 551 g/mol. The highest BCUT2D eigenvalue weighted by atomic mass is 35.5. The van der Waals surface area contributed by atoms with Crippen LogP contribution in [0.4, 0.5) is 11.6 Å². The number of hydrogen-bond donors (Lipinski definition) is 5. The van der Waals surface area contributed by atoms with E-state index < -0.39 is 5.91 Å². The summed E-state index contributed by atoms with van der Waals surface area (Å²) in [7, 11) is 1.60. The van der Waals surface area contributed by atoms with Gasteiger partial charge in [0.05, 0.1) is 13.7 Å². The molecule has 0 aliphatic carbocycles. The molecule has 37 heavy (non-hydrogen) atoms. The van der Waals surface area contributed by atoms with Crippen LogP contribution < -0.4 is 49.1 Å². The van der Waals surface area contributed by atoms with Crippen molar-refractivity contribution in [2.24, 2.45) is 0 Å². The van der Waals surface area contributed by atoms with Gasteiger partial charge in [0.25, 0.3) is 17.6 Å². The minimum atomic E-state index is -0.557. The Balaban J connectivity index is 0.00000380. The third-order valence-corrected chi connectivity index (χ3v) is 6.51. The molecule has 1 saturated heterocycles. The van der Waals surface area contributed by atoms with Crippen molar-refractivity contribution in [1.29, 1.82) is 0 Å². The summed E-state index contributed by atoms with van der Waals surface area (Å²) in [4.78, 5) is 33.8. The van der Waals surface area contributed by atoms with E-state index >= 15 is 0 Å². The van der Waals surface area contributed by atoms with Gasteiger partial charge in [-0.2, -0.15) is 0 Å². The molecule has 0 atom stereocenters. The largest absolute Gasteiger partial charge is 1.00 e. The van der Waals surface area contributed by atoms with Gasteiger partial charge in [-0.05, 0) is 45.0 Å². The Labute approximate surface area is 225 Å². The fourth-order valence-corrected chi connectivity index (χ4v) is 4.58. The highest BCUT2D eigenvalue weighted by Gasteiger charge is 2.28. The van der Waals surface area contributed by atoms with Crippen molar-refractivity contribution in [2.75, 3.05) is 31.7 Å². The average molecular weight is 552 g/mol. The molecular weight excluding hydrogens is 521 g/mol. The highest BCUT2D eigenvalue weighted by molar-refractivity contribution is 6.31. The fourth-order valence-electron chi connectivity index (χ4n) is 4.45. The molecule has 3 aromatic rings. The molecule has 0 spiro atoms. The maximum atomic E-state index is 13.0. The van der Waals surface area contributed by atoms with Gasteiger partial charge in [-0.25, -0.2) is 19.1 Å². The number of piperidine rings is 1. The van der Waals surface area contributed by atoms with Crippen LogP contribution in [0.25, 0.3) is 11.0 Å². The normalized spacial score (nSPS) is 13.7. The number of aromatic nitrogens is 4. The van der Waals surface area contributed by atoms with E-state index in [1.165, 1.54) is 0 Å². The van der Waals surface area contributed by atoms with Gasteiger partial charge in [0.1, 0.15) is 12.3 Å². The number of nitrogens with two attached hydrogens (primary N) is 2. The van der Waals surface area contributed by atoms with E-state index in [1.54, 1.807) is 7.11 Å². The van der Waals surface area contributed by atoms with Crippen LogP contribution in [0.2, 0.25) is 5.15 Å². The number of halogens is 2. The van der Waals surface area contributed by atoms with E-state index in [1.807, 2.05) is 34.3 Å². The number of imidazole rings is 1. The van der Waals surface area contributed by atoms with Crippen LogP contribution in [0.5, 0.6) is 5.75 Å². The van der Waals surface area contributed by atoms with Gasteiger partial charge in [0.15, 0.2) is 40.1 Å². The summed E-state index contributed by atoms with van der Waals surface area (Å²) in [6.07, 6.45) is 1.78. The van der Waals surface area contributed by atoms with Gasteiger partial charge >= 0.3 is 0 Å². The Kier molecular flexibility index (Phi) is 9.35. The zero-order valence-electron chi connectivity index (χ0n) is 20.7. The van der Waals surface area contributed by atoms with E-state index in [9.17, 15) is 9.59 Å². The van der Waals surface area contributed by atoms with Crippen LogP contribution >= 0.6 is 11.6 Å². The van der Waals surface area contributed by atoms with Crippen molar-refractivity contribution < 1.29 is 31.3 Å². The Hall–Kier alpha value is -3.35. The number of nitrogen functional groups attached to an aromatic ring is 2. The molecule has 1 aliphatic heterocycles. The molecule has 4 rings (SSSR count). The molecule has 12 nitrogen and oxygen atoms in total. The first-order chi connectivity index (χ1) is 17.3. The van der Waals surface area contributed by atoms with Crippen molar-refractivity contribution >= 4 is 46.1 Å². The number of ether oxygens (including phenoxy) is 1. The van der Waals surface area contributed by atoms with E-state index in [0.29, 0.717) is 12.3 Å². The van der Waals surface area contributed by atoms with Crippen molar-refractivity contribution in [2.45, 2.75) is 45.4 Å². The number of hydrogen-bond acceptors (Lipinski definition) is 8. The molecule has 0 bridgehead atoms. The van der Waals surface area contributed by atoms with E-state index in [2.05, 4.69) is 25.9 Å². The number of fused-ring (bicyclic) bond motifs is 1. The molecule has 1 aromatic carbocycles. The number of anilines is 2. The molecule has 200 valence electrons. The number of carbonyl (C=O) groups excluding carboxylic acids is 2. The Morgan fingerprint density at radius 1 is 1.24 bits per heavy atom. The first-order valence-electron chi connectivity index (χ1n) is 11.8. The zero-order valence-corrected chi connectivity index (χ0v) is 22.2. The molecule has 0 radical (unpaired) electrons. The van der Waals surface area contributed by atoms with Gasteiger partial charge < -0.3 is 44.6 Å². The van der Waals surface area contributed by atoms with Crippen molar-refractivity contribution in [3.05, 3.63) is 34.9 Å². The number of rotatable bonds is 8. The van der Waals surface area contributed by atoms with Crippen LogP contribution in [0, 0.1) is 0 Å². The number of nitrogens with one attached hydrogen (secondary N) is 3. The maximum Gasteiger partial charge on any atom is 0.277 e. The first-order valence-corrected chi connectivity index (χ1v) is 12.2. The molecule has 2 amide bonds. The summed E-state index contributed by atoms with van der Waals surface area (Å²) in [5.41, 5.74) is 13.1. The standard InChI is InChI=1S/C23H30ClN9O3.ClH/c1-3-32-16-10-14(36-2)4-5-15(16)33(12-17(34)29-13-6-8-27-9-7-13)18(32)11-28-23(35)19-21(25)31-22(26)20(24)30-19;/h4-5,10,13,27H,3,6-9,11-12H2,1-2H3,(H5-,25,26,28,29,31,34,35);1H. The number of nitrogens with zero attached hydrogens (tertiary/aromatic N) is 4. The Bertz CT molecular complexity index is 1290. The van der Waals surface area contributed by atoms with Gasteiger partial charge in [0, 0.05) is 12.1 Å². The van der Waals surface area contributed by atoms with E-state index in [4.69, 9.17) is 27.8 Å². The van der Waals surface area contributed by atoms with Gasteiger partial charge in [-0.15, -0.1) is 0 Å². The van der Waals surface area contributed by atoms with Crippen LogP contribution in [-0.4, -0.2) is 52.6 Å². The predicted molar refractivity (Wildman–Crippen MR) is 135 cm³/mol. The maximum absolute atomic E-state index is 13.0. The fraction of sp³-hybridized carbons (Fsp3) is 0.435. The van der Waals surface area contributed by atoms with Crippen LogP contribution in [0.3, 0.4) is 0 Å². The number of carbonyl (C=O) groups is 2. The minimum absolute atomic E-state index is 0. The summed E-state index contributed by atoms with van der Waals surface area (Å²) in [6, 6.07) is 5.80. The van der Waals surface area contributed by atoms with Crippen LogP contribution in [0.1, 0.15) is 36.1 Å². The van der Waals surface area contributed by atoms with E-state index in [0.717, 1.165) is 42.8 Å². The second kappa shape index (κ2) is 12.3. The minimum Gasteiger partial charge on any atom is -1.00 e. The SMILES string of the molecule is CCn1c(CNC(=O)c2nc(Cl)c(N)nc2N)[n+](CC(=O)NC2CCNCC2)c2ccc(OC)cc21.[Cl-]. The number of aryl methyl sites for hydroxylation is 1. The molecule has 0 saturated carbocycles. The molecule has 1 aliphatic rings. The van der Waals surface area contributed by atoms with E-state index in [-0.39, 0.29) is 59.9 Å². The smallest absolute Gasteiger partial charge is 0.277 e. The summed E-state index contributed by atoms with van der Waals surface area (Å²) < 4.78 is 9.34. The molecule has 2 aromatic heterocycles. The number of amides is 2. The highest BCUT2D eigenvalue weighted by Crippen LogP contribution is 2.22. The predicted octanol–water partition coefficient (Wildman–Crippen LogP) is -2.63. The Morgan fingerprint density at radius 3 is 2.65 bits per heavy atom. The number of benzene rings is 1. The quantitative estimate of drug-likeness (QED) is 0.189. The van der Waals surface area contributed by atoms with Crippen LogP contribution in [-0.2, 0) is 24.4 Å². The summed E-state index contributed by atoms with van der Waals surface area (Å²) in [6.45, 7) is 4.56. The third-order valence-electron chi connectivity index (χ3n) is 6.24. The lowest BCUT2D eigenvalue weighted by Gasteiger charge is -2.23. The van der Waals surface area contributed by atoms with Crippen molar-refractivity contribution in [3.8, 4) is 5.75 Å². The molecule has 7 N–H and O–H groups in total. The molecule has 1 fully saturated rings. The summed E-state index contributed by atoms with van der Waals surface area (Å²) in [5, 5.41) is 9.16. The number of methoxy groups -OCH3 is 1. The first kappa shape index (κ1) is 28.2.